The van der Waals surface area contributed by atoms with Gasteiger partial charge in [0, 0.05) is 24.5 Å². The molecule has 1 aliphatic heterocycles. The van der Waals surface area contributed by atoms with E-state index in [4.69, 9.17) is 15.1 Å². The van der Waals surface area contributed by atoms with E-state index in [-0.39, 0.29) is 0 Å². The van der Waals surface area contributed by atoms with Crippen molar-refractivity contribution in [2.75, 3.05) is 13.1 Å². The van der Waals surface area contributed by atoms with Crippen molar-refractivity contribution >= 4 is 11.3 Å². The Kier molecular flexibility index (Phi) is 4.73. The molecule has 0 spiro atoms. The molecule has 0 aromatic carbocycles. The quantitative estimate of drug-likeness (QED) is 0.920. The third-order valence-corrected chi connectivity index (χ3v) is 5.35. The molecule has 3 heterocycles. The van der Waals surface area contributed by atoms with E-state index in [0.29, 0.717) is 6.04 Å². The topological polar surface area (TPSA) is 55.3 Å². The van der Waals surface area contributed by atoms with E-state index >= 15 is 0 Å². The van der Waals surface area contributed by atoms with Crippen LogP contribution in [0.15, 0.2) is 28.2 Å². The summed E-state index contributed by atoms with van der Waals surface area (Å²) < 4.78 is 5.41. The van der Waals surface area contributed by atoms with Crippen molar-refractivity contribution in [2.45, 2.75) is 38.8 Å². The molecule has 5 heteroatoms. The van der Waals surface area contributed by atoms with Gasteiger partial charge < -0.3 is 10.2 Å². The number of nitrogens with zero attached hydrogens (tertiary/aromatic N) is 2. The largest absolute Gasteiger partial charge is 0.462 e. The van der Waals surface area contributed by atoms with Crippen LogP contribution in [0.5, 0.6) is 0 Å². The average Bonchev–Trinajstić information content (AvgIpc) is 3.18. The predicted molar refractivity (Wildman–Crippen MR) is 86.1 cm³/mol. The fourth-order valence-corrected chi connectivity index (χ4v) is 3.89. The smallest absolute Gasteiger partial charge is 0.162 e. The zero-order valence-electron chi connectivity index (χ0n) is 12.5. The van der Waals surface area contributed by atoms with Crippen LogP contribution in [0.4, 0.5) is 0 Å². The van der Waals surface area contributed by atoms with E-state index in [2.05, 4.69) is 17.2 Å². The van der Waals surface area contributed by atoms with E-state index in [1.807, 2.05) is 12.1 Å². The number of piperidine rings is 1. The average molecular weight is 305 g/mol. The van der Waals surface area contributed by atoms with Gasteiger partial charge in [0.1, 0.15) is 0 Å². The van der Waals surface area contributed by atoms with E-state index < -0.39 is 0 Å². The van der Waals surface area contributed by atoms with Crippen molar-refractivity contribution in [1.82, 2.24) is 9.88 Å². The van der Waals surface area contributed by atoms with Crippen LogP contribution in [-0.2, 0) is 6.54 Å². The van der Waals surface area contributed by atoms with Crippen LogP contribution in [0.1, 0.15) is 31.9 Å². The Bertz CT molecular complexity index is 552. The summed E-state index contributed by atoms with van der Waals surface area (Å²) in [6.45, 7) is 5.05. The number of hydrogen-bond donors (Lipinski definition) is 1. The Hall–Kier alpha value is -1.17. The fraction of sp³-hybridized carbons (Fsp3) is 0.562. The van der Waals surface area contributed by atoms with Gasteiger partial charge >= 0.3 is 0 Å². The van der Waals surface area contributed by atoms with Crippen molar-refractivity contribution in [1.29, 1.82) is 0 Å². The van der Waals surface area contributed by atoms with Gasteiger partial charge in [-0.15, -0.1) is 11.3 Å². The summed E-state index contributed by atoms with van der Waals surface area (Å²) in [5.74, 6) is 1.69. The van der Waals surface area contributed by atoms with Crippen molar-refractivity contribution in [3.63, 3.8) is 0 Å². The summed E-state index contributed by atoms with van der Waals surface area (Å²) in [6.07, 6.45) is 5.46. The Morgan fingerprint density at radius 3 is 3.14 bits per heavy atom. The zero-order valence-corrected chi connectivity index (χ0v) is 13.3. The molecule has 2 aromatic rings. The number of likely N-dealkylation sites (tertiary alicyclic amines) is 1. The molecule has 0 saturated carbocycles. The van der Waals surface area contributed by atoms with Crippen molar-refractivity contribution in [3.8, 4) is 10.8 Å². The van der Waals surface area contributed by atoms with E-state index in [9.17, 15) is 0 Å². The fourth-order valence-electron chi connectivity index (χ4n) is 3.11. The first kappa shape index (κ1) is 14.8. The van der Waals surface area contributed by atoms with Gasteiger partial charge in [-0.1, -0.05) is 13.3 Å². The van der Waals surface area contributed by atoms with Gasteiger partial charge in [0.2, 0.25) is 0 Å². The standard InChI is InChI=1S/C16H23N3OS/c1-2-12-5-6-19(14(8-12)9-17)10-13-11-21-16(18-13)15-4-3-7-20-15/h3-4,7,11-12,14H,2,5-6,8-10,17H2,1H3. The molecular weight excluding hydrogens is 282 g/mol. The predicted octanol–water partition coefficient (Wildman–Crippen LogP) is 3.35. The molecule has 4 nitrogen and oxygen atoms in total. The van der Waals surface area contributed by atoms with E-state index in [0.717, 1.165) is 42.0 Å². The lowest BCUT2D eigenvalue weighted by Crippen LogP contribution is -2.46. The van der Waals surface area contributed by atoms with Gasteiger partial charge in [-0.25, -0.2) is 4.98 Å². The molecule has 114 valence electrons. The van der Waals surface area contributed by atoms with Crippen LogP contribution in [-0.4, -0.2) is 29.0 Å². The second kappa shape index (κ2) is 6.73. The zero-order chi connectivity index (χ0) is 14.7. The molecule has 2 aromatic heterocycles. The van der Waals surface area contributed by atoms with Crippen LogP contribution >= 0.6 is 11.3 Å². The summed E-state index contributed by atoms with van der Waals surface area (Å²) >= 11 is 1.65. The number of thiazole rings is 1. The maximum absolute atomic E-state index is 5.97. The molecule has 2 atom stereocenters. The molecule has 0 aliphatic carbocycles. The van der Waals surface area contributed by atoms with Gasteiger partial charge in [-0.05, 0) is 37.4 Å². The lowest BCUT2D eigenvalue weighted by Gasteiger charge is -2.38. The highest BCUT2D eigenvalue weighted by Crippen LogP contribution is 2.28. The second-order valence-electron chi connectivity index (χ2n) is 5.78. The van der Waals surface area contributed by atoms with E-state index in [1.165, 1.54) is 19.3 Å². The monoisotopic (exact) mass is 305 g/mol. The number of aromatic nitrogens is 1. The lowest BCUT2D eigenvalue weighted by molar-refractivity contribution is 0.106. The Labute approximate surface area is 130 Å². The Balaban J connectivity index is 1.66. The summed E-state index contributed by atoms with van der Waals surface area (Å²) in [4.78, 5) is 7.19. The molecular formula is C16H23N3OS. The molecule has 1 saturated heterocycles. The van der Waals surface area contributed by atoms with Crippen LogP contribution in [0.2, 0.25) is 0 Å². The first-order chi connectivity index (χ1) is 10.3. The molecule has 2 unspecified atom stereocenters. The summed E-state index contributed by atoms with van der Waals surface area (Å²) in [6, 6.07) is 4.35. The van der Waals surface area contributed by atoms with Crippen LogP contribution in [0, 0.1) is 5.92 Å². The van der Waals surface area contributed by atoms with E-state index in [1.54, 1.807) is 17.6 Å². The molecule has 0 radical (unpaired) electrons. The van der Waals surface area contributed by atoms with Crippen LogP contribution in [0.25, 0.3) is 10.8 Å². The van der Waals surface area contributed by atoms with Gasteiger partial charge in [0.15, 0.2) is 10.8 Å². The molecule has 3 rings (SSSR count). The second-order valence-corrected chi connectivity index (χ2v) is 6.64. The SMILES string of the molecule is CCC1CCN(Cc2csc(-c3ccco3)n2)C(CN)C1. The molecule has 1 fully saturated rings. The van der Waals surface area contributed by atoms with Crippen molar-refractivity contribution in [2.24, 2.45) is 11.7 Å². The highest BCUT2D eigenvalue weighted by molar-refractivity contribution is 7.13. The molecule has 0 bridgehead atoms. The maximum atomic E-state index is 5.97. The summed E-state index contributed by atoms with van der Waals surface area (Å²) in [7, 11) is 0. The van der Waals surface area contributed by atoms with Gasteiger partial charge in [0.25, 0.3) is 0 Å². The minimum atomic E-state index is 0.498. The first-order valence-corrected chi connectivity index (χ1v) is 8.60. The summed E-state index contributed by atoms with van der Waals surface area (Å²) in [5, 5.41) is 3.10. The normalized spacial score (nSPS) is 23.5. The maximum Gasteiger partial charge on any atom is 0.162 e. The minimum Gasteiger partial charge on any atom is -0.462 e. The third kappa shape index (κ3) is 3.36. The highest BCUT2D eigenvalue weighted by atomic mass is 32.1. The third-order valence-electron chi connectivity index (χ3n) is 4.44. The van der Waals surface area contributed by atoms with Gasteiger partial charge in [-0.2, -0.15) is 0 Å². The lowest BCUT2D eigenvalue weighted by atomic mass is 9.89. The minimum absolute atomic E-state index is 0.498. The molecule has 0 amide bonds. The highest BCUT2D eigenvalue weighted by Gasteiger charge is 2.27. The molecule has 21 heavy (non-hydrogen) atoms. The molecule has 1 aliphatic rings. The van der Waals surface area contributed by atoms with Crippen LogP contribution in [0.3, 0.4) is 0 Å². The van der Waals surface area contributed by atoms with Gasteiger partial charge in [0.05, 0.1) is 12.0 Å². The van der Waals surface area contributed by atoms with Crippen LogP contribution < -0.4 is 5.73 Å². The van der Waals surface area contributed by atoms with Crippen molar-refractivity contribution in [3.05, 3.63) is 29.5 Å². The number of rotatable bonds is 5. The van der Waals surface area contributed by atoms with Gasteiger partial charge in [-0.3, -0.25) is 4.90 Å². The first-order valence-electron chi connectivity index (χ1n) is 7.72. The number of hydrogen-bond acceptors (Lipinski definition) is 5. The Morgan fingerprint density at radius 2 is 2.43 bits per heavy atom. The molecule has 2 N–H and O–H groups in total. The number of furan rings is 1. The number of nitrogens with two attached hydrogens (primary N) is 1. The Morgan fingerprint density at radius 1 is 1.52 bits per heavy atom. The van der Waals surface area contributed by atoms with Crippen molar-refractivity contribution < 1.29 is 4.42 Å². The summed E-state index contributed by atoms with van der Waals surface area (Å²) in [5.41, 5.74) is 7.10.